The molecule has 1 fully saturated rings. The van der Waals surface area contributed by atoms with Crippen molar-refractivity contribution in [3.05, 3.63) is 18.3 Å². The molecule has 0 radical (unpaired) electrons. The molecule has 6 heteroatoms. The van der Waals surface area contributed by atoms with Crippen LogP contribution in [-0.2, 0) is 14.3 Å². The second-order valence-corrected chi connectivity index (χ2v) is 5.74. The van der Waals surface area contributed by atoms with Gasteiger partial charge in [-0.05, 0) is 32.4 Å². The quantitative estimate of drug-likeness (QED) is 0.900. The number of hydrogen-bond acceptors (Lipinski definition) is 4. The second-order valence-electron chi connectivity index (χ2n) is 5.74. The lowest BCUT2D eigenvalue weighted by Gasteiger charge is -2.21. The Hall–Kier alpha value is -1.95. The van der Waals surface area contributed by atoms with Crippen LogP contribution in [0.4, 0.5) is 11.5 Å². The molecule has 0 aromatic carbocycles. The number of carbonyl (C=O) groups excluding carboxylic acids is 2. The summed E-state index contributed by atoms with van der Waals surface area (Å²) >= 11 is 0. The number of rotatable bonds is 5. The molecule has 1 aromatic rings. The summed E-state index contributed by atoms with van der Waals surface area (Å²) in [4.78, 5) is 29.4. The van der Waals surface area contributed by atoms with E-state index in [-0.39, 0.29) is 18.2 Å². The largest absolute Gasteiger partial charge is 0.378 e. The molecule has 0 bridgehead atoms. The van der Waals surface area contributed by atoms with E-state index in [9.17, 15) is 9.59 Å². The standard InChI is InChI=1S/C15H21N3O3/c1-15(2,21-3)9-13(19)17-12-7-6-11(10-16-12)18-8-4-5-14(18)20/h6-7,10H,4-5,8-9H2,1-3H3,(H,16,17,19). The van der Waals surface area contributed by atoms with Crippen molar-refractivity contribution in [2.45, 2.75) is 38.7 Å². The van der Waals surface area contributed by atoms with E-state index >= 15 is 0 Å². The minimum absolute atomic E-state index is 0.121. The fourth-order valence-corrected chi connectivity index (χ4v) is 2.19. The average Bonchev–Trinajstić information content (AvgIpc) is 2.85. The van der Waals surface area contributed by atoms with Crippen molar-refractivity contribution >= 4 is 23.3 Å². The third-order valence-electron chi connectivity index (χ3n) is 3.54. The number of amides is 2. The van der Waals surface area contributed by atoms with Gasteiger partial charge >= 0.3 is 0 Å². The molecule has 0 saturated carbocycles. The van der Waals surface area contributed by atoms with Gasteiger partial charge < -0.3 is 15.0 Å². The minimum atomic E-state index is -0.508. The van der Waals surface area contributed by atoms with Crippen molar-refractivity contribution < 1.29 is 14.3 Å². The number of anilines is 2. The average molecular weight is 291 g/mol. The number of nitrogens with one attached hydrogen (secondary N) is 1. The van der Waals surface area contributed by atoms with E-state index in [1.165, 1.54) is 0 Å². The van der Waals surface area contributed by atoms with E-state index in [1.54, 1.807) is 30.3 Å². The first-order valence-electron chi connectivity index (χ1n) is 7.03. The smallest absolute Gasteiger partial charge is 0.228 e. The third-order valence-corrected chi connectivity index (χ3v) is 3.54. The highest BCUT2D eigenvalue weighted by Crippen LogP contribution is 2.21. The summed E-state index contributed by atoms with van der Waals surface area (Å²) in [5.41, 5.74) is 0.263. The first-order valence-corrected chi connectivity index (χ1v) is 7.03. The SMILES string of the molecule is COC(C)(C)CC(=O)Nc1ccc(N2CCCC2=O)cn1. The molecule has 1 N–H and O–H groups in total. The molecule has 0 spiro atoms. The Bertz CT molecular complexity index is 525. The Morgan fingerprint density at radius 3 is 2.76 bits per heavy atom. The maximum Gasteiger partial charge on any atom is 0.228 e. The monoisotopic (exact) mass is 291 g/mol. The first kappa shape index (κ1) is 15.4. The van der Waals surface area contributed by atoms with Gasteiger partial charge in [0.15, 0.2) is 0 Å². The van der Waals surface area contributed by atoms with Crippen molar-refractivity contribution in [1.82, 2.24) is 4.98 Å². The molecule has 2 amide bonds. The summed E-state index contributed by atoms with van der Waals surface area (Å²) in [5, 5.41) is 2.73. The van der Waals surface area contributed by atoms with E-state index in [1.807, 2.05) is 13.8 Å². The zero-order chi connectivity index (χ0) is 15.5. The number of aromatic nitrogens is 1. The van der Waals surface area contributed by atoms with Crippen LogP contribution in [0.15, 0.2) is 18.3 Å². The number of methoxy groups -OCH3 is 1. The van der Waals surface area contributed by atoms with Crippen LogP contribution in [0, 0.1) is 0 Å². The fraction of sp³-hybridized carbons (Fsp3) is 0.533. The summed E-state index contributed by atoms with van der Waals surface area (Å²) in [5.74, 6) is 0.442. The summed E-state index contributed by atoms with van der Waals surface area (Å²) in [7, 11) is 1.58. The molecule has 21 heavy (non-hydrogen) atoms. The predicted octanol–water partition coefficient (Wildman–Crippen LogP) is 1.96. The van der Waals surface area contributed by atoms with Crippen molar-refractivity contribution in [3.8, 4) is 0 Å². The van der Waals surface area contributed by atoms with Gasteiger partial charge in [0.25, 0.3) is 0 Å². The van der Waals surface area contributed by atoms with Crippen molar-refractivity contribution in [2.24, 2.45) is 0 Å². The lowest BCUT2D eigenvalue weighted by atomic mass is 10.1. The van der Waals surface area contributed by atoms with E-state index in [2.05, 4.69) is 10.3 Å². The van der Waals surface area contributed by atoms with Gasteiger partial charge in [0.2, 0.25) is 11.8 Å². The van der Waals surface area contributed by atoms with E-state index in [0.717, 1.165) is 18.7 Å². The summed E-state index contributed by atoms with van der Waals surface area (Å²) < 4.78 is 5.22. The minimum Gasteiger partial charge on any atom is -0.378 e. The Kier molecular flexibility index (Phi) is 4.57. The molecular formula is C15H21N3O3. The van der Waals surface area contributed by atoms with Gasteiger partial charge in [0.1, 0.15) is 5.82 Å². The van der Waals surface area contributed by atoms with Crippen LogP contribution in [-0.4, -0.2) is 36.1 Å². The molecule has 6 nitrogen and oxygen atoms in total. The molecule has 1 aromatic heterocycles. The number of ether oxygens (including phenoxy) is 1. The Balaban J connectivity index is 1.96. The lowest BCUT2D eigenvalue weighted by molar-refractivity contribution is -0.121. The van der Waals surface area contributed by atoms with Crippen molar-refractivity contribution in [3.63, 3.8) is 0 Å². The predicted molar refractivity (Wildman–Crippen MR) is 80.2 cm³/mol. The fourth-order valence-electron chi connectivity index (χ4n) is 2.19. The molecule has 1 aliphatic heterocycles. The molecule has 1 aliphatic rings. The molecule has 0 aliphatic carbocycles. The second kappa shape index (κ2) is 6.22. The number of nitrogens with zero attached hydrogens (tertiary/aromatic N) is 2. The van der Waals surface area contributed by atoms with Crippen LogP contribution in [0.3, 0.4) is 0 Å². The van der Waals surface area contributed by atoms with Gasteiger partial charge in [-0.3, -0.25) is 9.59 Å². The molecule has 0 atom stereocenters. The van der Waals surface area contributed by atoms with Crippen LogP contribution in [0.2, 0.25) is 0 Å². The topological polar surface area (TPSA) is 71.5 Å². The van der Waals surface area contributed by atoms with E-state index in [4.69, 9.17) is 4.74 Å². The van der Waals surface area contributed by atoms with Crippen LogP contribution >= 0.6 is 0 Å². The van der Waals surface area contributed by atoms with Crippen molar-refractivity contribution in [1.29, 1.82) is 0 Å². The Labute approximate surface area is 124 Å². The van der Waals surface area contributed by atoms with Gasteiger partial charge in [-0.25, -0.2) is 4.98 Å². The van der Waals surface area contributed by atoms with Gasteiger partial charge in [-0.15, -0.1) is 0 Å². The molecule has 0 unspecified atom stereocenters. The van der Waals surface area contributed by atoms with E-state index < -0.39 is 5.60 Å². The summed E-state index contributed by atoms with van der Waals surface area (Å²) in [6.45, 7) is 4.43. The Morgan fingerprint density at radius 2 is 2.24 bits per heavy atom. The molecule has 2 rings (SSSR count). The lowest BCUT2D eigenvalue weighted by Crippen LogP contribution is -2.29. The molecule has 114 valence electrons. The van der Waals surface area contributed by atoms with Crippen LogP contribution in [0.5, 0.6) is 0 Å². The number of hydrogen-bond donors (Lipinski definition) is 1. The van der Waals surface area contributed by atoms with Crippen LogP contribution < -0.4 is 10.2 Å². The number of pyridine rings is 1. The highest BCUT2D eigenvalue weighted by Gasteiger charge is 2.23. The van der Waals surface area contributed by atoms with E-state index in [0.29, 0.717) is 12.2 Å². The number of carbonyl (C=O) groups is 2. The van der Waals surface area contributed by atoms with Gasteiger partial charge in [-0.1, -0.05) is 0 Å². The summed E-state index contributed by atoms with van der Waals surface area (Å²) in [6.07, 6.45) is 3.33. The van der Waals surface area contributed by atoms with Gasteiger partial charge in [-0.2, -0.15) is 0 Å². The van der Waals surface area contributed by atoms with Crippen LogP contribution in [0.1, 0.15) is 33.1 Å². The van der Waals surface area contributed by atoms with Gasteiger partial charge in [0.05, 0.1) is 23.9 Å². The van der Waals surface area contributed by atoms with Gasteiger partial charge in [0, 0.05) is 20.1 Å². The van der Waals surface area contributed by atoms with Crippen LogP contribution in [0.25, 0.3) is 0 Å². The normalized spacial score (nSPS) is 15.4. The Morgan fingerprint density at radius 1 is 1.48 bits per heavy atom. The first-order chi connectivity index (χ1) is 9.91. The summed E-state index contributed by atoms with van der Waals surface area (Å²) in [6, 6.07) is 3.51. The third kappa shape index (κ3) is 4.01. The highest BCUT2D eigenvalue weighted by atomic mass is 16.5. The zero-order valence-electron chi connectivity index (χ0n) is 12.7. The molecular weight excluding hydrogens is 270 g/mol. The molecule has 2 heterocycles. The highest BCUT2D eigenvalue weighted by molar-refractivity contribution is 5.95. The molecule has 1 saturated heterocycles. The zero-order valence-corrected chi connectivity index (χ0v) is 12.7. The van der Waals surface area contributed by atoms with Crippen molar-refractivity contribution in [2.75, 3.05) is 23.9 Å². The maximum absolute atomic E-state index is 11.9. The maximum atomic E-state index is 11.9.